The van der Waals surface area contributed by atoms with E-state index in [2.05, 4.69) is 11.0 Å². The zero-order chi connectivity index (χ0) is 18.5. The number of methoxy groups -OCH3 is 1. The van der Waals surface area contributed by atoms with Crippen molar-refractivity contribution in [3.05, 3.63) is 54.1 Å². The quantitative estimate of drug-likeness (QED) is 0.827. The van der Waals surface area contributed by atoms with Crippen LogP contribution in [-0.4, -0.2) is 50.2 Å². The van der Waals surface area contributed by atoms with E-state index in [4.69, 9.17) is 9.47 Å². The summed E-state index contributed by atoms with van der Waals surface area (Å²) in [5.41, 5.74) is 2.11. The molecule has 26 heavy (non-hydrogen) atoms. The van der Waals surface area contributed by atoms with Gasteiger partial charge in [0, 0.05) is 26.2 Å². The molecule has 5 nitrogen and oxygen atoms in total. The molecule has 1 fully saturated rings. The molecular formula is C21H26N2O3. The highest BCUT2D eigenvalue weighted by Crippen LogP contribution is 2.28. The van der Waals surface area contributed by atoms with Crippen molar-refractivity contribution in [2.45, 2.75) is 20.0 Å². The third-order valence-electron chi connectivity index (χ3n) is 4.76. The Bertz CT molecular complexity index is 754. The first-order valence-corrected chi connectivity index (χ1v) is 8.99. The first kappa shape index (κ1) is 18.1. The number of carbonyl (C=O) groups excluding carboxylic acids is 1. The van der Waals surface area contributed by atoms with Crippen molar-refractivity contribution in [3.8, 4) is 11.5 Å². The summed E-state index contributed by atoms with van der Waals surface area (Å²) in [7, 11) is 1.68. The van der Waals surface area contributed by atoms with Gasteiger partial charge in [-0.1, -0.05) is 30.3 Å². The maximum atomic E-state index is 12.7. The average Bonchev–Trinajstić information content (AvgIpc) is 2.69. The van der Waals surface area contributed by atoms with Crippen LogP contribution in [0.4, 0.5) is 5.69 Å². The van der Waals surface area contributed by atoms with Gasteiger partial charge in [0.1, 0.15) is 11.5 Å². The standard InChI is InChI=1S/C21H26N2O3/c1-16-8-4-6-10-19(16)26-17(2)21(24)23-14-12-22(13-15-23)18-9-5-7-11-20(18)25-3/h4-11,17H,12-15H2,1-3H3. The van der Waals surface area contributed by atoms with Crippen molar-refractivity contribution in [2.24, 2.45) is 0 Å². The van der Waals surface area contributed by atoms with Crippen LogP contribution in [0.1, 0.15) is 12.5 Å². The highest BCUT2D eigenvalue weighted by molar-refractivity contribution is 5.81. The summed E-state index contributed by atoms with van der Waals surface area (Å²) in [4.78, 5) is 16.9. The zero-order valence-electron chi connectivity index (χ0n) is 15.6. The van der Waals surface area contributed by atoms with Gasteiger partial charge in [-0.05, 0) is 37.6 Å². The molecule has 0 aliphatic carbocycles. The van der Waals surface area contributed by atoms with Gasteiger partial charge >= 0.3 is 0 Å². The Balaban J connectivity index is 1.59. The van der Waals surface area contributed by atoms with Crippen molar-refractivity contribution >= 4 is 11.6 Å². The summed E-state index contributed by atoms with van der Waals surface area (Å²) in [6, 6.07) is 15.8. The number of benzene rings is 2. The second kappa shape index (κ2) is 8.13. The van der Waals surface area contributed by atoms with Crippen molar-refractivity contribution in [1.29, 1.82) is 0 Å². The van der Waals surface area contributed by atoms with Crippen LogP contribution in [0.3, 0.4) is 0 Å². The van der Waals surface area contributed by atoms with Crippen molar-refractivity contribution < 1.29 is 14.3 Å². The van der Waals surface area contributed by atoms with Crippen molar-refractivity contribution in [2.75, 3.05) is 38.2 Å². The van der Waals surface area contributed by atoms with E-state index < -0.39 is 6.10 Å². The van der Waals surface area contributed by atoms with Gasteiger partial charge in [0.15, 0.2) is 6.10 Å². The molecule has 3 rings (SSSR count). The number of amides is 1. The average molecular weight is 354 g/mol. The topological polar surface area (TPSA) is 42.0 Å². The Morgan fingerprint density at radius 3 is 2.23 bits per heavy atom. The van der Waals surface area contributed by atoms with Gasteiger partial charge in [0.05, 0.1) is 12.8 Å². The van der Waals surface area contributed by atoms with E-state index >= 15 is 0 Å². The van der Waals surface area contributed by atoms with Gasteiger partial charge in [0.25, 0.3) is 5.91 Å². The predicted molar refractivity (Wildman–Crippen MR) is 103 cm³/mol. The molecule has 2 aromatic carbocycles. The Labute approximate surface area is 155 Å². The number of hydrogen-bond acceptors (Lipinski definition) is 4. The van der Waals surface area contributed by atoms with Gasteiger partial charge in [-0.15, -0.1) is 0 Å². The van der Waals surface area contributed by atoms with Gasteiger partial charge < -0.3 is 19.3 Å². The number of ether oxygens (including phenoxy) is 2. The highest BCUT2D eigenvalue weighted by atomic mass is 16.5. The lowest BCUT2D eigenvalue weighted by atomic mass is 10.2. The lowest BCUT2D eigenvalue weighted by molar-refractivity contribution is -0.138. The number of anilines is 1. The van der Waals surface area contributed by atoms with Crippen molar-refractivity contribution in [1.82, 2.24) is 4.90 Å². The largest absolute Gasteiger partial charge is 0.495 e. The molecule has 0 aromatic heterocycles. The molecule has 1 aliphatic heterocycles. The summed E-state index contributed by atoms with van der Waals surface area (Å²) in [6.07, 6.45) is -0.492. The highest BCUT2D eigenvalue weighted by Gasteiger charge is 2.27. The molecule has 2 aromatic rings. The minimum atomic E-state index is -0.492. The second-order valence-electron chi connectivity index (χ2n) is 6.51. The lowest BCUT2D eigenvalue weighted by Crippen LogP contribution is -2.52. The Kier molecular flexibility index (Phi) is 5.66. The SMILES string of the molecule is COc1ccccc1N1CCN(C(=O)C(C)Oc2ccccc2C)CC1. The number of carbonyl (C=O) groups is 1. The molecule has 0 spiro atoms. The van der Waals surface area contributed by atoms with E-state index in [-0.39, 0.29) is 5.91 Å². The molecule has 0 radical (unpaired) electrons. The number of hydrogen-bond donors (Lipinski definition) is 0. The van der Waals surface area contributed by atoms with E-state index in [0.29, 0.717) is 13.1 Å². The maximum Gasteiger partial charge on any atom is 0.263 e. The molecule has 0 N–H and O–H groups in total. The van der Waals surface area contributed by atoms with Crippen LogP contribution in [0.25, 0.3) is 0 Å². The smallest absolute Gasteiger partial charge is 0.263 e. The predicted octanol–water partition coefficient (Wildman–Crippen LogP) is 3.12. The molecule has 1 amide bonds. The van der Waals surface area contributed by atoms with E-state index in [9.17, 15) is 4.79 Å². The summed E-state index contributed by atoms with van der Waals surface area (Å²) >= 11 is 0. The van der Waals surface area contributed by atoms with Crippen molar-refractivity contribution in [3.63, 3.8) is 0 Å². The number of rotatable bonds is 5. The number of nitrogens with zero attached hydrogens (tertiary/aromatic N) is 2. The molecule has 5 heteroatoms. The fraction of sp³-hybridized carbons (Fsp3) is 0.381. The Morgan fingerprint density at radius 1 is 0.962 bits per heavy atom. The molecule has 1 aliphatic rings. The Hall–Kier alpha value is -2.69. The van der Waals surface area contributed by atoms with E-state index in [0.717, 1.165) is 35.8 Å². The van der Waals surface area contributed by atoms with Gasteiger partial charge in [-0.2, -0.15) is 0 Å². The molecule has 1 atom stereocenters. The number of aryl methyl sites for hydroxylation is 1. The van der Waals surface area contributed by atoms with E-state index in [1.165, 1.54) is 0 Å². The van der Waals surface area contributed by atoms with Crippen LogP contribution >= 0.6 is 0 Å². The minimum Gasteiger partial charge on any atom is -0.495 e. The summed E-state index contributed by atoms with van der Waals surface area (Å²) < 4.78 is 11.3. The van der Waals surface area contributed by atoms with Crippen LogP contribution in [0.15, 0.2) is 48.5 Å². The summed E-state index contributed by atoms with van der Waals surface area (Å²) in [6.45, 7) is 6.73. The first-order valence-electron chi connectivity index (χ1n) is 8.99. The second-order valence-corrected chi connectivity index (χ2v) is 6.51. The summed E-state index contributed by atoms with van der Waals surface area (Å²) in [5, 5.41) is 0. The number of para-hydroxylation sites is 3. The Morgan fingerprint density at radius 2 is 1.58 bits per heavy atom. The molecule has 1 heterocycles. The molecule has 0 saturated carbocycles. The van der Waals surface area contributed by atoms with Gasteiger partial charge in [-0.3, -0.25) is 4.79 Å². The lowest BCUT2D eigenvalue weighted by Gasteiger charge is -2.37. The first-order chi connectivity index (χ1) is 12.6. The van der Waals surface area contributed by atoms with E-state index in [1.807, 2.05) is 61.2 Å². The minimum absolute atomic E-state index is 0.0351. The maximum absolute atomic E-state index is 12.7. The van der Waals surface area contributed by atoms with Crippen LogP contribution in [0.2, 0.25) is 0 Å². The van der Waals surface area contributed by atoms with Crippen LogP contribution in [0.5, 0.6) is 11.5 Å². The molecule has 0 bridgehead atoms. The van der Waals surface area contributed by atoms with Gasteiger partial charge in [0.2, 0.25) is 0 Å². The fourth-order valence-corrected chi connectivity index (χ4v) is 3.25. The zero-order valence-corrected chi connectivity index (χ0v) is 15.6. The molecule has 1 unspecified atom stereocenters. The van der Waals surface area contributed by atoms with Crippen LogP contribution < -0.4 is 14.4 Å². The normalized spacial score (nSPS) is 15.5. The third-order valence-corrected chi connectivity index (χ3v) is 4.76. The summed E-state index contributed by atoms with van der Waals surface area (Å²) in [5.74, 6) is 1.66. The fourth-order valence-electron chi connectivity index (χ4n) is 3.25. The number of piperazine rings is 1. The molecular weight excluding hydrogens is 328 g/mol. The van der Waals surface area contributed by atoms with Gasteiger partial charge in [-0.25, -0.2) is 0 Å². The van der Waals surface area contributed by atoms with Crippen LogP contribution in [-0.2, 0) is 4.79 Å². The third kappa shape index (κ3) is 3.93. The van der Waals surface area contributed by atoms with E-state index in [1.54, 1.807) is 7.11 Å². The monoisotopic (exact) mass is 354 g/mol. The molecule has 138 valence electrons. The molecule has 1 saturated heterocycles. The van der Waals surface area contributed by atoms with Crippen LogP contribution in [0, 0.1) is 6.92 Å².